The summed E-state index contributed by atoms with van der Waals surface area (Å²) in [5.74, 6) is 3.77. The van der Waals surface area contributed by atoms with Gasteiger partial charge < -0.3 is 9.84 Å². The van der Waals surface area contributed by atoms with Crippen LogP contribution in [0.25, 0.3) is 0 Å². The molecule has 4 heteroatoms. The molecule has 0 heterocycles. The van der Waals surface area contributed by atoms with Crippen molar-refractivity contribution in [2.75, 3.05) is 6.61 Å². The lowest BCUT2D eigenvalue weighted by molar-refractivity contribution is -0.139. The fraction of sp³-hybridized carbons (Fsp3) is 0.824. The maximum atomic E-state index is 11.5. The minimum Gasteiger partial charge on any atom is -0.481 e. The number of ether oxygens (including phenoxy) is 1. The zero-order valence-corrected chi connectivity index (χ0v) is 24.8. The van der Waals surface area contributed by atoms with Gasteiger partial charge in [0.1, 0.15) is 6.42 Å². The summed E-state index contributed by atoms with van der Waals surface area (Å²) >= 11 is 0. The van der Waals surface area contributed by atoms with Crippen LogP contribution in [0.15, 0.2) is 23.8 Å². The van der Waals surface area contributed by atoms with Crippen LogP contribution in [0.3, 0.4) is 0 Å². The summed E-state index contributed by atoms with van der Waals surface area (Å²) in [6.45, 7) is 13.1. The molecule has 0 aliphatic heterocycles. The van der Waals surface area contributed by atoms with Crippen molar-refractivity contribution < 1.29 is 19.4 Å². The summed E-state index contributed by atoms with van der Waals surface area (Å²) in [4.78, 5) is 22.1. The highest BCUT2D eigenvalue weighted by atomic mass is 16.5. The molecule has 0 spiro atoms. The third-order valence-corrected chi connectivity index (χ3v) is 11.5. The van der Waals surface area contributed by atoms with Crippen molar-refractivity contribution in [1.29, 1.82) is 0 Å². The molecule has 0 radical (unpaired) electrons. The number of hydrogen-bond donors (Lipinski definition) is 1. The van der Waals surface area contributed by atoms with E-state index in [1.54, 1.807) is 11.6 Å². The van der Waals surface area contributed by atoms with Crippen molar-refractivity contribution in [1.82, 2.24) is 0 Å². The number of fused-ring (bicyclic) bond motifs is 5. The summed E-state index contributed by atoms with van der Waals surface area (Å²) in [5, 5.41) is 8.69. The number of carbonyl (C=O) groups excluding carboxylic acids is 1. The van der Waals surface area contributed by atoms with Crippen molar-refractivity contribution in [2.24, 2.45) is 46.3 Å². The molecule has 8 atom stereocenters. The van der Waals surface area contributed by atoms with E-state index in [1.165, 1.54) is 63.9 Å². The van der Waals surface area contributed by atoms with Gasteiger partial charge >= 0.3 is 5.97 Å². The van der Waals surface area contributed by atoms with Crippen molar-refractivity contribution in [2.45, 2.75) is 124 Å². The van der Waals surface area contributed by atoms with E-state index in [9.17, 15) is 9.59 Å². The summed E-state index contributed by atoms with van der Waals surface area (Å²) in [7, 11) is 0. The van der Waals surface area contributed by atoms with Gasteiger partial charge in [-0.2, -0.15) is 0 Å². The molecule has 38 heavy (non-hydrogen) atoms. The Labute approximate surface area is 232 Å². The van der Waals surface area contributed by atoms with E-state index >= 15 is 0 Å². The predicted octanol–water partition coefficient (Wildman–Crippen LogP) is 8.40. The van der Waals surface area contributed by atoms with Gasteiger partial charge in [0.2, 0.25) is 0 Å². The maximum absolute atomic E-state index is 11.5. The topological polar surface area (TPSA) is 63.6 Å². The Hall–Kier alpha value is -1.42. The second-order valence-electron chi connectivity index (χ2n) is 14.3. The fourth-order valence-corrected chi connectivity index (χ4v) is 9.52. The molecule has 3 fully saturated rings. The SMILES string of the molecule is CC(C)CCCC(C)C1CCC2C3CC=C4CC(OCC/C=C/C(=O)CC(=O)O)CCC4(C)C3CCC12C. The van der Waals surface area contributed by atoms with Crippen molar-refractivity contribution in [3.05, 3.63) is 23.8 Å². The molecule has 0 aromatic rings. The second-order valence-corrected chi connectivity index (χ2v) is 14.3. The van der Waals surface area contributed by atoms with E-state index < -0.39 is 12.4 Å². The van der Waals surface area contributed by atoms with Crippen molar-refractivity contribution >= 4 is 11.8 Å². The number of carboxylic acids is 1. The average molecular weight is 527 g/mol. The molecule has 0 bridgehead atoms. The molecule has 4 nitrogen and oxygen atoms in total. The van der Waals surface area contributed by atoms with Gasteiger partial charge in [-0.3, -0.25) is 9.59 Å². The minimum atomic E-state index is -1.08. The molecule has 0 aromatic carbocycles. The molecule has 0 aromatic heterocycles. The van der Waals surface area contributed by atoms with Gasteiger partial charge in [-0.05, 0) is 110 Å². The third kappa shape index (κ3) is 6.31. The molecule has 8 unspecified atom stereocenters. The van der Waals surface area contributed by atoms with E-state index in [0.29, 0.717) is 23.9 Å². The first-order chi connectivity index (χ1) is 18.0. The molecular weight excluding hydrogens is 472 g/mol. The van der Waals surface area contributed by atoms with Gasteiger partial charge in [-0.15, -0.1) is 0 Å². The number of carboxylic acid groups (broad SMARTS) is 1. The quantitative estimate of drug-likeness (QED) is 0.120. The van der Waals surface area contributed by atoms with Crippen LogP contribution >= 0.6 is 0 Å². The standard InChI is InChI=1S/C34H54O4/c1-23(2)9-8-10-24(3)29-14-15-30-28-13-12-25-21-27(38-20-7-6-11-26(35)22-32(36)37)16-18-33(25,4)31(28)17-19-34(29,30)5/h6,11-12,23-24,27-31H,7-10,13-22H2,1-5H3,(H,36,37)/b11-6+. The first-order valence-corrected chi connectivity index (χ1v) is 15.8. The molecule has 3 saturated carbocycles. The number of hydrogen-bond acceptors (Lipinski definition) is 3. The van der Waals surface area contributed by atoms with Crippen LogP contribution in [0.5, 0.6) is 0 Å². The van der Waals surface area contributed by atoms with Crippen molar-refractivity contribution in [3.8, 4) is 0 Å². The Balaban J connectivity index is 1.32. The van der Waals surface area contributed by atoms with Crippen LogP contribution in [0.1, 0.15) is 118 Å². The Kier molecular flexibility index (Phi) is 9.64. The van der Waals surface area contributed by atoms with E-state index in [-0.39, 0.29) is 11.9 Å². The van der Waals surface area contributed by atoms with Crippen LogP contribution < -0.4 is 0 Å². The maximum Gasteiger partial charge on any atom is 0.311 e. The predicted molar refractivity (Wildman–Crippen MR) is 154 cm³/mol. The zero-order chi connectivity index (χ0) is 27.5. The first-order valence-electron chi connectivity index (χ1n) is 15.8. The van der Waals surface area contributed by atoms with Crippen LogP contribution in [0.2, 0.25) is 0 Å². The summed E-state index contributed by atoms with van der Waals surface area (Å²) in [6.07, 6.45) is 20.8. The Morgan fingerprint density at radius 1 is 1.08 bits per heavy atom. The van der Waals surface area contributed by atoms with Gasteiger partial charge in [-0.1, -0.05) is 71.6 Å². The van der Waals surface area contributed by atoms with Crippen LogP contribution in [0.4, 0.5) is 0 Å². The van der Waals surface area contributed by atoms with Gasteiger partial charge in [-0.25, -0.2) is 0 Å². The lowest BCUT2D eigenvalue weighted by atomic mass is 9.47. The number of rotatable bonds is 12. The molecular formula is C34H54O4. The minimum absolute atomic E-state index is 0.269. The lowest BCUT2D eigenvalue weighted by Crippen LogP contribution is -2.51. The number of allylic oxidation sites excluding steroid dienone is 2. The fourth-order valence-electron chi connectivity index (χ4n) is 9.52. The van der Waals surface area contributed by atoms with Crippen LogP contribution in [-0.4, -0.2) is 29.6 Å². The van der Waals surface area contributed by atoms with E-state index in [0.717, 1.165) is 48.3 Å². The first kappa shape index (κ1) is 29.6. The number of ketones is 1. The van der Waals surface area contributed by atoms with E-state index in [2.05, 4.69) is 40.7 Å². The Morgan fingerprint density at radius 2 is 1.87 bits per heavy atom. The lowest BCUT2D eigenvalue weighted by Gasteiger charge is -2.58. The largest absolute Gasteiger partial charge is 0.481 e. The summed E-state index contributed by atoms with van der Waals surface area (Å²) in [5.41, 5.74) is 2.54. The molecule has 0 amide bonds. The Morgan fingerprint density at radius 3 is 2.61 bits per heavy atom. The van der Waals surface area contributed by atoms with Crippen LogP contribution in [-0.2, 0) is 14.3 Å². The molecule has 1 N–H and O–H groups in total. The molecule has 4 aliphatic carbocycles. The molecule has 214 valence electrons. The highest BCUT2D eigenvalue weighted by Gasteiger charge is 2.59. The van der Waals surface area contributed by atoms with Gasteiger partial charge in [0.05, 0.1) is 12.7 Å². The van der Waals surface area contributed by atoms with Gasteiger partial charge in [0, 0.05) is 0 Å². The summed E-state index contributed by atoms with van der Waals surface area (Å²) < 4.78 is 6.23. The smallest absolute Gasteiger partial charge is 0.311 e. The van der Waals surface area contributed by atoms with Gasteiger partial charge in [0.25, 0.3) is 0 Å². The molecule has 4 rings (SSSR count). The van der Waals surface area contributed by atoms with Crippen LogP contribution in [0, 0.1) is 46.3 Å². The highest BCUT2D eigenvalue weighted by molar-refractivity contribution is 6.01. The molecule has 0 saturated heterocycles. The second kappa shape index (κ2) is 12.4. The highest BCUT2D eigenvalue weighted by Crippen LogP contribution is 2.67. The summed E-state index contributed by atoms with van der Waals surface area (Å²) in [6, 6.07) is 0. The Bertz CT molecular complexity index is 902. The molecule has 4 aliphatic rings. The van der Waals surface area contributed by atoms with Crippen molar-refractivity contribution in [3.63, 3.8) is 0 Å². The number of carbonyl (C=O) groups is 2. The number of aliphatic carboxylic acids is 1. The van der Waals surface area contributed by atoms with E-state index in [1.807, 2.05) is 0 Å². The van der Waals surface area contributed by atoms with E-state index in [4.69, 9.17) is 9.84 Å². The normalized spacial score (nSPS) is 37.4. The third-order valence-electron chi connectivity index (χ3n) is 11.5. The van der Waals surface area contributed by atoms with Gasteiger partial charge in [0.15, 0.2) is 5.78 Å². The zero-order valence-electron chi connectivity index (χ0n) is 24.8. The average Bonchev–Trinajstić information content (AvgIpc) is 3.20. The monoisotopic (exact) mass is 526 g/mol.